The van der Waals surface area contributed by atoms with Gasteiger partial charge in [-0.25, -0.2) is 9.97 Å². The van der Waals surface area contributed by atoms with Crippen LogP contribution in [0.5, 0.6) is 5.75 Å². The highest BCUT2D eigenvalue weighted by molar-refractivity contribution is 6.38. The van der Waals surface area contributed by atoms with Gasteiger partial charge in [-0.15, -0.1) is 0 Å². The van der Waals surface area contributed by atoms with E-state index in [9.17, 15) is 9.59 Å². The number of halogens is 2. The quantitative estimate of drug-likeness (QED) is 0.147. The third kappa shape index (κ3) is 8.36. The molecule has 11 heteroatoms. The van der Waals surface area contributed by atoms with E-state index in [1.54, 1.807) is 43.7 Å². The van der Waals surface area contributed by atoms with Crippen LogP contribution in [0, 0.1) is 6.92 Å². The van der Waals surface area contributed by atoms with Crippen LogP contribution in [-0.4, -0.2) is 54.5 Å². The molecule has 0 radical (unpaired) electrons. The molecular formula is C37H34Cl2N6O3. The minimum atomic E-state index is -0.441. The smallest absolute Gasteiger partial charge is 0.246 e. The maximum atomic E-state index is 13.1. The Bertz CT molecular complexity index is 2010. The number of likely N-dealkylation sites (N-methyl/N-ethyl adjacent to an activating group) is 1. The molecule has 1 N–H and O–H groups in total. The minimum absolute atomic E-state index is 0.0515. The van der Waals surface area contributed by atoms with Gasteiger partial charge in [0.2, 0.25) is 11.8 Å². The lowest BCUT2D eigenvalue weighted by Crippen LogP contribution is -2.37. The molecule has 3 heterocycles. The normalized spacial score (nSPS) is 11.3. The van der Waals surface area contributed by atoms with E-state index in [0.29, 0.717) is 27.7 Å². The third-order valence-corrected chi connectivity index (χ3v) is 8.20. The highest BCUT2D eigenvalue weighted by Gasteiger charge is 2.20. The lowest BCUT2D eigenvalue weighted by atomic mass is 10.1. The first-order valence-corrected chi connectivity index (χ1v) is 15.8. The Morgan fingerprint density at radius 3 is 2.35 bits per heavy atom. The van der Waals surface area contributed by atoms with E-state index in [1.807, 2.05) is 86.6 Å². The number of para-hydroxylation sites is 1. The maximum Gasteiger partial charge on any atom is 0.246 e. The number of nitrogens with one attached hydrogen (secondary N) is 1. The summed E-state index contributed by atoms with van der Waals surface area (Å²) in [5.41, 5.74) is 5.89. The van der Waals surface area contributed by atoms with Crippen molar-refractivity contribution in [2.24, 2.45) is 0 Å². The van der Waals surface area contributed by atoms with Crippen LogP contribution in [0.2, 0.25) is 10.0 Å². The number of anilines is 2. The van der Waals surface area contributed by atoms with Crippen LogP contribution in [0.3, 0.4) is 0 Å². The van der Waals surface area contributed by atoms with Gasteiger partial charge >= 0.3 is 0 Å². The number of hydrogen-bond donors (Lipinski definition) is 1. The Labute approximate surface area is 289 Å². The number of aromatic nitrogens is 3. The molecule has 5 aromatic rings. The average molecular weight is 682 g/mol. The molecule has 0 aliphatic rings. The van der Waals surface area contributed by atoms with Gasteiger partial charge in [-0.1, -0.05) is 47.5 Å². The second-order valence-electron chi connectivity index (χ2n) is 11.1. The van der Waals surface area contributed by atoms with Crippen molar-refractivity contribution in [2.75, 3.05) is 37.5 Å². The molecule has 0 fully saturated rings. The lowest BCUT2D eigenvalue weighted by molar-refractivity contribution is -0.122. The summed E-state index contributed by atoms with van der Waals surface area (Å²) in [6.07, 6.45) is 10.2. The molecule has 48 heavy (non-hydrogen) atoms. The molecular weight excluding hydrogens is 647 g/mol. The van der Waals surface area contributed by atoms with E-state index in [-0.39, 0.29) is 24.1 Å². The van der Waals surface area contributed by atoms with Gasteiger partial charge in [0.25, 0.3) is 0 Å². The molecule has 3 aromatic heterocycles. The number of amides is 2. The van der Waals surface area contributed by atoms with Crippen molar-refractivity contribution in [2.45, 2.75) is 13.5 Å². The van der Waals surface area contributed by atoms with Crippen molar-refractivity contribution >= 4 is 75.5 Å². The van der Waals surface area contributed by atoms with Crippen molar-refractivity contribution in [1.29, 1.82) is 0 Å². The molecule has 0 unspecified atom stereocenters. The molecule has 0 bridgehead atoms. The highest BCUT2D eigenvalue weighted by Crippen LogP contribution is 2.36. The molecule has 0 spiro atoms. The average Bonchev–Trinajstić information content (AvgIpc) is 3.08. The number of nitrogens with zero attached hydrogens (tertiary/aromatic N) is 5. The Kier molecular flexibility index (Phi) is 11.1. The van der Waals surface area contributed by atoms with E-state index in [2.05, 4.69) is 15.3 Å². The molecule has 0 aliphatic carbocycles. The highest BCUT2D eigenvalue weighted by atomic mass is 35.5. The zero-order valence-corrected chi connectivity index (χ0v) is 28.5. The fourth-order valence-corrected chi connectivity index (χ4v) is 5.49. The molecule has 244 valence electrons. The summed E-state index contributed by atoms with van der Waals surface area (Å²) in [5, 5.41) is 4.24. The molecule has 5 rings (SSSR count). The first-order valence-electron chi connectivity index (χ1n) is 15.1. The standard InChI is InChI=1S/C37H34Cl2N6O3/c1-24-21-32(44(2)3)28-9-6-10-33(37(28)42-24)48-23-29-30(38)14-15-31(36(29)39)45(4)35(47)22-41-34(46)16-13-27-8-5-7-26(43-27)12-11-25-17-19-40-20-18-25/h5-21H,22-23H2,1-4H3,(H,41,46). The molecule has 0 saturated carbocycles. The van der Waals surface area contributed by atoms with Crippen LogP contribution in [0.4, 0.5) is 11.4 Å². The summed E-state index contributed by atoms with van der Waals surface area (Å²) < 4.78 is 6.21. The molecule has 0 atom stereocenters. The number of benzene rings is 2. The Morgan fingerprint density at radius 1 is 0.875 bits per heavy atom. The van der Waals surface area contributed by atoms with Crippen LogP contribution in [0.1, 0.15) is 28.2 Å². The van der Waals surface area contributed by atoms with E-state index in [4.69, 9.17) is 32.9 Å². The molecule has 9 nitrogen and oxygen atoms in total. The summed E-state index contributed by atoms with van der Waals surface area (Å²) in [7, 11) is 5.54. The largest absolute Gasteiger partial charge is 0.487 e. The van der Waals surface area contributed by atoms with E-state index in [1.165, 1.54) is 11.0 Å². The van der Waals surface area contributed by atoms with Crippen molar-refractivity contribution in [3.63, 3.8) is 0 Å². The number of aryl methyl sites for hydroxylation is 1. The van der Waals surface area contributed by atoms with Gasteiger partial charge in [0.1, 0.15) is 17.9 Å². The van der Waals surface area contributed by atoms with Crippen LogP contribution in [0.15, 0.2) is 85.2 Å². The predicted molar refractivity (Wildman–Crippen MR) is 194 cm³/mol. The number of carbonyl (C=O) groups is 2. The summed E-state index contributed by atoms with van der Waals surface area (Å²) in [6.45, 7) is 1.74. The Balaban J connectivity index is 1.21. The van der Waals surface area contributed by atoms with Gasteiger partial charge in [0.05, 0.1) is 28.6 Å². The first kappa shape index (κ1) is 34.1. The number of pyridine rings is 3. The summed E-state index contributed by atoms with van der Waals surface area (Å²) in [5.74, 6) is -0.233. The molecule has 2 amide bonds. The minimum Gasteiger partial charge on any atom is -0.487 e. The fourth-order valence-electron chi connectivity index (χ4n) is 4.89. The van der Waals surface area contributed by atoms with E-state index >= 15 is 0 Å². The zero-order valence-electron chi connectivity index (χ0n) is 26.9. The summed E-state index contributed by atoms with van der Waals surface area (Å²) >= 11 is 13.3. The van der Waals surface area contributed by atoms with Crippen molar-refractivity contribution < 1.29 is 14.3 Å². The monoisotopic (exact) mass is 680 g/mol. The zero-order chi connectivity index (χ0) is 34.2. The SMILES string of the molecule is Cc1cc(N(C)C)c2cccc(OCc3c(Cl)ccc(N(C)C(=O)CNC(=O)C=Cc4cccc(C=Cc5ccncc5)n4)c3Cl)c2n1. The Morgan fingerprint density at radius 2 is 1.60 bits per heavy atom. The number of hydrogen-bond acceptors (Lipinski definition) is 7. The number of ether oxygens (including phenoxy) is 1. The van der Waals surface area contributed by atoms with Crippen LogP contribution >= 0.6 is 23.2 Å². The second-order valence-corrected chi connectivity index (χ2v) is 11.9. The summed E-state index contributed by atoms with van der Waals surface area (Å²) in [4.78, 5) is 42.3. The van der Waals surface area contributed by atoms with Crippen LogP contribution in [0.25, 0.3) is 29.1 Å². The summed E-state index contributed by atoms with van der Waals surface area (Å²) in [6, 6.07) is 20.4. The maximum absolute atomic E-state index is 13.1. The third-order valence-electron chi connectivity index (χ3n) is 7.43. The molecule has 2 aromatic carbocycles. The van der Waals surface area contributed by atoms with Crippen molar-refractivity contribution in [3.05, 3.63) is 123 Å². The van der Waals surface area contributed by atoms with Gasteiger partial charge in [0.15, 0.2) is 0 Å². The Hall–Kier alpha value is -5.25. The van der Waals surface area contributed by atoms with Crippen molar-refractivity contribution in [3.8, 4) is 5.75 Å². The van der Waals surface area contributed by atoms with Crippen LogP contribution < -0.4 is 19.9 Å². The van der Waals surface area contributed by atoms with E-state index in [0.717, 1.165) is 33.5 Å². The van der Waals surface area contributed by atoms with Crippen molar-refractivity contribution in [1.82, 2.24) is 20.3 Å². The first-order chi connectivity index (χ1) is 23.1. The van der Waals surface area contributed by atoms with Gasteiger partial charge < -0.3 is 19.9 Å². The topological polar surface area (TPSA) is 101 Å². The van der Waals surface area contributed by atoms with Gasteiger partial charge in [-0.05, 0) is 73.2 Å². The van der Waals surface area contributed by atoms with Crippen LogP contribution in [-0.2, 0) is 16.2 Å². The molecule has 0 saturated heterocycles. The number of fused-ring (bicyclic) bond motifs is 1. The van der Waals surface area contributed by atoms with Gasteiger partial charge in [-0.3, -0.25) is 14.6 Å². The number of carbonyl (C=O) groups excluding carboxylic acids is 2. The van der Waals surface area contributed by atoms with E-state index < -0.39 is 5.91 Å². The predicted octanol–water partition coefficient (Wildman–Crippen LogP) is 7.25. The van der Waals surface area contributed by atoms with Gasteiger partial charge in [-0.2, -0.15) is 0 Å². The lowest BCUT2D eigenvalue weighted by Gasteiger charge is -2.21. The molecule has 0 aliphatic heterocycles. The second kappa shape index (κ2) is 15.6. The fraction of sp³-hybridized carbons (Fsp3) is 0.162. The number of rotatable bonds is 11. The van der Waals surface area contributed by atoms with Gasteiger partial charge in [0, 0.05) is 67.0 Å².